The van der Waals surface area contributed by atoms with Crippen molar-refractivity contribution in [3.63, 3.8) is 0 Å². The van der Waals surface area contributed by atoms with Gasteiger partial charge in [0.15, 0.2) is 5.78 Å². The molecule has 0 fully saturated rings. The summed E-state index contributed by atoms with van der Waals surface area (Å²) >= 11 is 0. The molecule has 0 saturated heterocycles. The number of hydrogen-bond acceptors (Lipinski definition) is 8. The van der Waals surface area contributed by atoms with Crippen molar-refractivity contribution >= 4 is 17.8 Å². The number of Topliss-reactive ketones (excluding diaryl/α,β-unsaturated/α-hetero) is 1. The molecule has 0 radical (unpaired) electrons. The molecule has 0 aliphatic heterocycles. The van der Waals surface area contributed by atoms with E-state index >= 15 is 0 Å². The van der Waals surface area contributed by atoms with Gasteiger partial charge in [-0.15, -0.1) is 5.10 Å². The Balaban J connectivity index is 0.698. The molecule has 55 heavy (non-hydrogen) atoms. The van der Waals surface area contributed by atoms with Crippen LogP contribution in [-0.4, -0.2) is 78.9 Å². The van der Waals surface area contributed by atoms with Crippen LogP contribution in [0.5, 0.6) is 0 Å². The molecule has 0 saturated carbocycles. The van der Waals surface area contributed by atoms with Gasteiger partial charge in [0.2, 0.25) is 5.91 Å². The van der Waals surface area contributed by atoms with Gasteiger partial charge in [0.1, 0.15) is 12.3 Å². The number of benzene rings is 4. The number of carbonyl (C=O) groups is 3. The molecule has 5 aromatic rings. The number of nitrogens with one attached hydrogen (secondary N) is 2. The highest BCUT2D eigenvalue weighted by molar-refractivity contribution is 5.96. The summed E-state index contributed by atoms with van der Waals surface area (Å²) in [7, 11) is 0. The van der Waals surface area contributed by atoms with E-state index in [1.165, 1.54) is 45.4 Å². The Labute approximate surface area is 321 Å². The average Bonchev–Trinajstić information content (AvgIpc) is 3.97. The van der Waals surface area contributed by atoms with Crippen molar-refractivity contribution in [2.75, 3.05) is 46.1 Å². The molecule has 11 heteroatoms. The minimum atomic E-state index is -0.481. The lowest BCUT2D eigenvalue weighted by Gasteiger charge is -2.14. The molecule has 0 atom stereocenters. The second-order valence-corrected chi connectivity index (χ2v) is 13.9. The summed E-state index contributed by atoms with van der Waals surface area (Å²) in [5.74, 6) is -0.0887. The fourth-order valence-corrected chi connectivity index (χ4v) is 7.43. The molecular formula is C44H47N5O6. The van der Waals surface area contributed by atoms with Crippen molar-refractivity contribution in [3.05, 3.63) is 131 Å². The maximum Gasteiger partial charge on any atom is 0.407 e. The van der Waals surface area contributed by atoms with Gasteiger partial charge in [0.05, 0.1) is 39.2 Å². The number of amides is 2. The third-order valence-corrected chi connectivity index (χ3v) is 10.2. The van der Waals surface area contributed by atoms with E-state index in [0.717, 1.165) is 24.1 Å². The Morgan fingerprint density at radius 3 is 2.27 bits per heavy atom. The fourth-order valence-electron chi connectivity index (χ4n) is 7.43. The van der Waals surface area contributed by atoms with Gasteiger partial charge in [-0.05, 0) is 64.6 Å². The van der Waals surface area contributed by atoms with Gasteiger partial charge < -0.3 is 24.8 Å². The monoisotopic (exact) mass is 741 g/mol. The van der Waals surface area contributed by atoms with E-state index in [9.17, 15) is 14.4 Å². The van der Waals surface area contributed by atoms with Gasteiger partial charge in [-0.3, -0.25) is 9.59 Å². The summed E-state index contributed by atoms with van der Waals surface area (Å²) in [5.41, 5.74) is 11.2. The zero-order valence-electron chi connectivity index (χ0n) is 31.0. The molecule has 2 N–H and O–H groups in total. The molecule has 1 aromatic heterocycles. The van der Waals surface area contributed by atoms with Crippen LogP contribution < -0.4 is 10.6 Å². The van der Waals surface area contributed by atoms with E-state index in [1.54, 1.807) is 0 Å². The predicted octanol–water partition coefficient (Wildman–Crippen LogP) is 6.52. The lowest BCUT2D eigenvalue weighted by molar-refractivity contribution is -0.122. The molecule has 7 rings (SSSR count). The number of ketones is 1. The molecule has 4 aromatic carbocycles. The highest BCUT2D eigenvalue weighted by atomic mass is 16.6. The normalized spacial score (nSPS) is 12.9. The van der Waals surface area contributed by atoms with E-state index < -0.39 is 6.09 Å². The van der Waals surface area contributed by atoms with Crippen molar-refractivity contribution < 1.29 is 28.6 Å². The van der Waals surface area contributed by atoms with E-state index in [0.29, 0.717) is 57.9 Å². The van der Waals surface area contributed by atoms with Crippen LogP contribution in [0.25, 0.3) is 22.4 Å². The molecule has 11 nitrogen and oxygen atoms in total. The number of aryl methyl sites for hydroxylation is 1. The number of alkyl carbamates (subject to hydrolysis) is 1. The zero-order chi connectivity index (χ0) is 37.8. The first-order valence-corrected chi connectivity index (χ1v) is 19.2. The van der Waals surface area contributed by atoms with Gasteiger partial charge >= 0.3 is 6.09 Å². The van der Waals surface area contributed by atoms with Crippen molar-refractivity contribution in [2.24, 2.45) is 0 Å². The molecule has 0 spiro atoms. The number of nitrogens with zero attached hydrogens (tertiary/aromatic N) is 3. The standard InChI is InChI=1S/C44H47N5O6/c50-42(33-19-17-32(18-20-33)41-29-49(48-47-41)28-34-10-5-8-31-9-6-15-35(31)34)16-7-22-45-43(51)21-24-53-26-27-54-25-23-46-44(52)55-30-40-38-13-3-1-11-36(38)37-12-2-4-14-39(37)40/h1-5,8,10-14,17-20,29,40H,6-7,9,15-16,21-28,30H2,(H,45,51)(H,46,52). The molecular weight excluding hydrogens is 695 g/mol. The van der Waals surface area contributed by atoms with Crippen LogP contribution >= 0.6 is 0 Å². The molecule has 0 unspecified atom stereocenters. The average molecular weight is 742 g/mol. The molecule has 2 aliphatic rings. The minimum absolute atomic E-state index is 0.0141. The van der Waals surface area contributed by atoms with Gasteiger partial charge in [0, 0.05) is 43.0 Å². The van der Waals surface area contributed by atoms with E-state index in [2.05, 4.69) is 63.4 Å². The number of aromatic nitrogens is 3. The van der Waals surface area contributed by atoms with Crippen LogP contribution in [0.15, 0.2) is 97.2 Å². The summed E-state index contributed by atoms with van der Waals surface area (Å²) in [4.78, 5) is 37.3. The lowest BCUT2D eigenvalue weighted by Crippen LogP contribution is -2.29. The fraction of sp³-hybridized carbons (Fsp3) is 0.341. The van der Waals surface area contributed by atoms with Crippen LogP contribution in [0.2, 0.25) is 0 Å². The SMILES string of the molecule is O=C(CCOCCOCCNC(=O)OCC1c2ccccc2-c2ccccc21)NCCCC(=O)c1ccc(-c2cn(Cc3cccc4c3CCC4)nn2)cc1. The Hall–Kier alpha value is -5.65. The van der Waals surface area contributed by atoms with Crippen LogP contribution in [0, 0.1) is 0 Å². The second-order valence-electron chi connectivity index (χ2n) is 13.9. The van der Waals surface area contributed by atoms with Gasteiger partial charge in [-0.25, -0.2) is 9.48 Å². The Kier molecular flexibility index (Phi) is 12.7. The molecule has 284 valence electrons. The summed E-state index contributed by atoms with van der Waals surface area (Å²) < 4.78 is 18.4. The highest BCUT2D eigenvalue weighted by Crippen LogP contribution is 2.44. The Morgan fingerprint density at radius 2 is 1.49 bits per heavy atom. The van der Waals surface area contributed by atoms with E-state index in [1.807, 2.05) is 59.4 Å². The first-order valence-electron chi connectivity index (χ1n) is 19.2. The lowest BCUT2D eigenvalue weighted by atomic mass is 9.98. The third kappa shape index (κ3) is 9.72. The Morgan fingerprint density at radius 1 is 0.745 bits per heavy atom. The number of rotatable bonds is 19. The van der Waals surface area contributed by atoms with Gasteiger partial charge in [-0.2, -0.15) is 0 Å². The number of ether oxygens (including phenoxy) is 3. The summed E-state index contributed by atoms with van der Waals surface area (Å²) in [6, 6.07) is 30.4. The zero-order valence-corrected chi connectivity index (χ0v) is 31.0. The van der Waals surface area contributed by atoms with Crippen LogP contribution in [0.1, 0.15) is 69.8 Å². The molecule has 2 amide bonds. The summed E-state index contributed by atoms with van der Waals surface area (Å²) in [6.45, 7) is 2.94. The molecule has 0 bridgehead atoms. The first kappa shape index (κ1) is 37.7. The van der Waals surface area contributed by atoms with Crippen LogP contribution in [0.3, 0.4) is 0 Å². The largest absolute Gasteiger partial charge is 0.449 e. The quantitative estimate of drug-likeness (QED) is 0.0722. The van der Waals surface area contributed by atoms with Crippen LogP contribution in [0.4, 0.5) is 4.79 Å². The first-order chi connectivity index (χ1) is 27.0. The molecule has 2 aliphatic carbocycles. The van der Waals surface area contributed by atoms with E-state index in [-0.39, 0.29) is 37.2 Å². The van der Waals surface area contributed by atoms with Crippen molar-refractivity contribution in [3.8, 4) is 22.4 Å². The highest BCUT2D eigenvalue weighted by Gasteiger charge is 2.29. The van der Waals surface area contributed by atoms with Crippen molar-refractivity contribution in [1.29, 1.82) is 0 Å². The second kappa shape index (κ2) is 18.6. The topological polar surface area (TPSA) is 134 Å². The summed E-state index contributed by atoms with van der Waals surface area (Å²) in [6.07, 6.45) is 6.05. The maximum atomic E-state index is 12.8. The third-order valence-electron chi connectivity index (χ3n) is 10.2. The van der Waals surface area contributed by atoms with Crippen molar-refractivity contribution in [1.82, 2.24) is 25.6 Å². The Bertz CT molecular complexity index is 2050. The molecule has 1 heterocycles. The smallest absolute Gasteiger partial charge is 0.407 e. The number of hydrogen-bond donors (Lipinski definition) is 2. The minimum Gasteiger partial charge on any atom is -0.449 e. The number of fused-ring (bicyclic) bond motifs is 4. The predicted molar refractivity (Wildman–Crippen MR) is 209 cm³/mol. The number of carbonyl (C=O) groups excluding carboxylic acids is 3. The van der Waals surface area contributed by atoms with Gasteiger partial charge in [-0.1, -0.05) is 96.2 Å². The van der Waals surface area contributed by atoms with E-state index in [4.69, 9.17) is 14.2 Å². The van der Waals surface area contributed by atoms with Gasteiger partial charge in [0.25, 0.3) is 0 Å². The summed E-state index contributed by atoms with van der Waals surface area (Å²) in [5, 5.41) is 14.3. The van der Waals surface area contributed by atoms with Crippen molar-refractivity contribution in [2.45, 2.75) is 51.0 Å². The maximum absolute atomic E-state index is 12.8. The van der Waals surface area contributed by atoms with Crippen LogP contribution in [-0.2, 0) is 38.4 Å².